The van der Waals surface area contributed by atoms with Gasteiger partial charge in [0.2, 0.25) is 0 Å². The smallest absolute Gasteiger partial charge is 0.253 e. The molecule has 0 fully saturated rings. The summed E-state index contributed by atoms with van der Waals surface area (Å²) in [4.78, 5) is 14.6. The number of benzene rings is 1. The predicted octanol–water partition coefficient (Wildman–Crippen LogP) is 3.40. The lowest BCUT2D eigenvalue weighted by molar-refractivity contribution is -0.121. The Morgan fingerprint density at radius 2 is 1.90 bits per heavy atom. The summed E-state index contributed by atoms with van der Waals surface area (Å²) in [5.41, 5.74) is 2.98. The zero-order valence-corrected chi connectivity index (χ0v) is 18.5. The van der Waals surface area contributed by atoms with Crippen LogP contribution < -0.4 is 10.0 Å². The van der Waals surface area contributed by atoms with E-state index in [2.05, 4.69) is 15.0 Å². The molecule has 0 bridgehead atoms. The second kappa shape index (κ2) is 12.4. The molecule has 164 valence electrons. The van der Waals surface area contributed by atoms with Crippen molar-refractivity contribution in [1.29, 1.82) is 0 Å². The van der Waals surface area contributed by atoms with Crippen molar-refractivity contribution >= 4 is 41.2 Å². The van der Waals surface area contributed by atoms with Gasteiger partial charge < -0.3 is 15.6 Å². The van der Waals surface area contributed by atoms with Gasteiger partial charge in [-0.3, -0.25) is 9.78 Å². The maximum atomic E-state index is 13.3. The third kappa shape index (κ3) is 7.35. The van der Waals surface area contributed by atoms with Crippen molar-refractivity contribution in [2.24, 2.45) is 0 Å². The summed E-state index contributed by atoms with van der Waals surface area (Å²) in [6.07, 6.45) is 0.466. The van der Waals surface area contributed by atoms with Crippen LogP contribution in [-0.4, -0.2) is 49.8 Å². The highest BCUT2D eigenvalue weighted by molar-refractivity contribution is 7.94. The molecule has 0 radical (unpaired) electrons. The van der Waals surface area contributed by atoms with Gasteiger partial charge in [0.05, 0.1) is 11.7 Å². The molecule has 11 heteroatoms. The number of nitrogens with zero attached hydrogens (tertiary/aromatic N) is 2. The number of halogens is 3. The molecule has 1 aromatic heterocycles. The average Bonchev–Trinajstić information content (AvgIpc) is 2.77. The van der Waals surface area contributed by atoms with E-state index < -0.39 is 29.6 Å². The number of carbonyl (C=O) groups excluding carboxylic acids is 1. The minimum atomic E-state index is -1.34. The maximum absolute atomic E-state index is 13.3. The van der Waals surface area contributed by atoms with E-state index in [1.165, 1.54) is 0 Å². The number of alkyl halides is 3. The first kappa shape index (κ1) is 24.8. The van der Waals surface area contributed by atoms with E-state index >= 15 is 0 Å². The van der Waals surface area contributed by atoms with Crippen molar-refractivity contribution in [1.82, 2.24) is 19.5 Å². The fraction of sp³-hybridized carbons (Fsp3) is 0.368. The lowest BCUT2D eigenvalue weighted by atomic mass is 9.99. The van der Waals surface area contributed by atoms with Gasteiger partial charge in [0.1, 0.15) is 12.8 Å². The van der Waals surface area contributed by atoms with Crippen molar-refractivity contribution in [3.63, 3.8) is 0 Å². The highest BCUT2D eigenvalue weighted by atomic mass is 35.5. The second-order valence-corrected chi connectivity index (χ2v) is 8.24. The standard InChI is InChI=1S/C19H23Cl2FN4O3S/c1-2-26(29)30-24-11-15-8-7-14(10-23-15)12-3-5-13(6-4-12)17(27)16(9-22)25-19(28)18(20)21/h3-8,10,16-18,24,27,29H,2,9,11H2,1H3,(H,25,28). The maximum Gasteiger partial charge on any atom is 0.253 e. The first-order valence-electron chi connectivity index (χ1n) is 9.09. The Hall–Kier alpha value is -1.46. The number of hydroxylamine groups is 1. The lowest BCUT2D eigenvalue weighted by Gasteiger charge is -2.22. The number of hydrogen-bond donors (Lipinski definition) is 4. The quantitative estimate of drug-likeness (QED) is 0.224. The number of aromatic nitrogens is 1. The number of pyridine rings is 1. The summed E-state index contributed by atoms with van der Waals surface area (Å²) in [6.45, 7) is 1.83. The summed E-state index contributed by atoms with van der Waals surface area (Å²) in [7, 11) is 0. The third-order valence-electron chi connectivity index (χ3n) is 4.18. The van der Waals surface area contributed by atoms with Crippen LogP contribution in [0, 0.1) is 0 Å². The van der Waals surface area contributed by atoms with Crippen LogP contribution in [0.5, 0.6) is 0 Å². The van der Waals surface area contributed by atoms with E-state index in [0.717, 1.165) is 33.4 Å². The monoisotopic (exact) mass is 476 g/mol. The van der Waals surface area contributed by atoms with Crippen molar-refractivity contribution in [3.05, 3.63) is 53.9 Å². The fourth-order valence-electron chi connectivity index (χ4n) is 2.50. The first-order chi connectivity index (χ1) is 14.3. The molecule has 1 heterocycles. The van der Waals surface area contributed by atoms with Gasteiger partial charge >= 0.3 is 0 Å². The molecule has 4 N–H and O–H groups in total. The van der Waals surface area contributed by atoms with Crippen LogP contribution in [0.2, 0.25) is 0 Å². The van der Waals surface area contributed by atoms with Gasteiger partial charge in [-0.1, -0.05) is 53.5 Å². The summed E-state index contributed by atoms with van der Waals surface area (Å²) in [5.74, 6) is -0.767. The molecule has 0 spiro atoms. The van der Waals surface area contributed by atoms with Crippen LogP contribution in [0.3, 0.4) is 0 Å². The normalized spacial score (nSPS) is 13.5. The molecule has 1 amide bonds. The van der Waals surface area contributed by atoms with Gasteiger partial charge in [-0.2, -0.15) is 0 Å². The Kier molecular flexibility index (Phi) is 10.3. The Morgan fingerprint density at radius 3 is 2.43 bits per heavy atom. The van der Waals surface area contributed by atoms with Crippen LogP contribution in [0.15, 0.2) is 42.6 Å². The molecule has 0 aliphatic rings. The van der Waals surface area contributed by atoms with Gasteiger partial charge in [0.25, 0.3) is 5.91 Å². The molecular formula is C19H23Cl2FN4O3S. The van der Waals surface area contributed by atoms with Gasteiger partial charge in [-0.15, -0.1) is 4.47 Å². The van der Waals surface area contributed by atoms with Crippen LogP contribution in [-0.2, 0) is 11.3 Å². The van der Waals surface area contributed by atoms with Crippen molar-refractivity contribution in [2.45, 2.75) is 30.5 Å². The Balaban J connectivity index is 2.00. The van der Waals surface area contributed by atoms with Crippen molar-refractivity contribution in [3.8, 4) is 11.1 Å². The number of aliphatic hydroxyl groups is 1. The summed E-state index contributed by atoms with van der Waals surface area (Å²) < 4.78 is 17.3. The van der Waals surface area contributed by atoms with Gasteiger partial charge in [0, 0.05) is 37.0 Å². The summed E-state index contributed by atoms with van der Waals surface area (Å²) >= 11 is 12.0. The molecule has 7 nitrogen and oxygen atoms in total. The lowest BCUT2D eigenvalue weighted by Crippen LogP contribution is -2.43. The van der Waals surface area contributed by atoms with E-state index in [1.807, 2.05) is 19.1 Å². The highest BCUT2D eigenvalue weighted by Crippen LogP contribution is 2.24. The molecule has 0 saturated heterocycles. The van der Waals surface area contributed by atoms with E-state index in [4.69, 9.17) is 23.2 Å². The summed E-state index contributed by atoms with van der Waals surface area (Å²) in [6, 6.07) is 9.47. The zero-order chi connectivity index (χ0) is 22.1. The molecule has 2 unspecified atom stereocenters. The molecule has 1 aromatic carbocycles. The summed E-state index contributed by atoms with van der Waals surface area (Å²) in [5, 5.41) is 22.0. The number of aliphatic hydroxyl groups excluding tert-OH is 1. The number of carbonyl (C=O) groups is 1. The second-order valence-electron chi connectivity index (χ2n) is 6.26. The highest BCUT2D eigenvalue weighted by Gasteiger charge is 2.25. The average molecular weight is 477 g/mol. The van der Waals surface area contributed by atoms with Crippen LogP contribution in [0.1, 0.15) is 24.3 Å². The number of amides is 1. The molecule has 0 aliphatic carbocycles. The molecule has 0 saturated carbocycles. The molecule has 2 atom stereocenters. The van der Waals surface area contributed by atoms with E-state index in [-0.39, 0.29) is 0 Å². The molecule has 2 rings (SSSR count). The Morgan fingerprint density at radius 1 is 1.23 bits per heavy atom. The van der Waals surface area contributed by atoms with E-state index in [9.17, 15) is 19.5 Å². The first-order valence-corrected chi connectivity index (χ1v) is 10.7. The molecule has 2 aromatic rings. The molecule has 30 heavy (non-hydrogen) atoms. The van der Waals surface area contributed by atoms with Gasteiger partial charge in [0.15, 0.2) is 4.84 Å². The van der Waals surface area contributed by atoms with Gasteiger partial charge in [-0.05, 0) is 24.1 Å². The number of nitrogens with one attached hydrogen (secondary N) is 2. The molecule has 0 aliphatic heterocycles. The predicted molar refractivity (Wildman–Crippen MR) is 117 cm³/mol. The van der Waals surface area contributed by atoms with Gasteiger partial charge in [-0.25, -0.2) is 9.11 Å². The van der Waals surface area contributed by atoms with E-state index in [1.54, 1.807) is 30.5 Å². The van der Waals surface area contributed by atoms with Crippen molar-refractivity contribution < 1.29 is 19.5 Å². The Labute approximate surface area is 188 Å². The number of hydrogen-bond acceptors (Lipinski definition) is 7. The van der Waals surface area contributed by atoms with Crippen molar-refractivity contribution in [2.75, 3.05) is 13.2 Å². The largest absolute Gasteiger partial charge is 0.386 e. The van der Waals surface area contributed by atoms with Crippen LogP contribution in [0.25, 0.3) is 11.1 Å². The zero-order valence-electron chi connectivity index (χ0n) is 16.1. The molecular weight excluding hydrogens is 454 g/mol. The minimum absolute atomic E-state index is 0.442. The van der Waals surface area contributed by atoms with Crippen LogP contribution >= 0.6 is 35.3 Å². The topological polar surface area (TPSA) is 97.7 Å². The SMILES string of the molecule is CCN(O)SNCc1ccc(-c2ccc(C(O)C(CF)NC(=O)C(Cl)Cl)cc2)cn1. The number of rotatable bonds is 11. The minimum Gasteiger partial charge on any atom is -0.386 e. The Bertz CT molecular complexity index is 799. The third-order valence-corrected chi connectivity index (χ3v) is 5.32. The van der Waals surface area contributed by atoms with E-state index in [0.29, 0.717) is 18.7 Å². The fourth-order valence-corrected chi connectivity index (χ4v) is 3.11. The van der Waals surface area contributed by atoms with Crippen LogP contribution in [0.4, 0.5) is 4.39 Å².